The van der Waals surface area contributed by atoms with E-state index in [9.17, 15) is 9.59 Å². The molecule has 0 radical (unpaired) electrons. The van der Waals surface area contributed by atoms with Gasteiger partial charge >= 0.3 is 0 Å². The molecule has 0 aliphatic carbocycles. The average Bonchev–Trinajstić information content (AvgIpc) is 2.75. The highest BCUT2D eigenvalue weighted by Gasteiger charge is 2.27. The molecule has 150 valence electrons. The van der Waals surface area contributed by atoms with Crippen LogP contribution in [0.25, 0.3) is 0 Å². The van der Waals surface area contributed by atoms with E-state index in [0.717, 1.165) is 17.7 Å². The highest BCUT2D eigenvalue weighted by Crippen LogP contribution is 2.13. The van der Waals surface area contributed by atoms with Crippen molar-refractivity contribution in [3.8, 4) is 5.75 Å². The van der Waals surface area contributed by atoms with Crippen LogP contribution in [-0.2, 0) is 16.0 Å². The first-order chi connectivity index (χ1) is 13.7. The Balaban J connectivity index is 1.93. The largest absolute Gasteiger partial charge is 0.494 e. The molecule has 28 heavy (non-hydrogen) atoms. The molecule has 2 amide bonds. The second-order valence-electron chi connectivity index (χ2n) is 6.63. The third-order valence-corrected chi connectivity index (χ3v) is 4.66. The zero-order valence-corrected chi connectivity index (χ0v) is 16.8. The fraction of sp³-hybridized carbons (Fsp3) is 0.391. The lowest BCUT2D eigenvalue weighted by Crippen LogP contribution is -2.49. The van der Waals surface area contributed by atoms with Crippen LogP contribution < -0.4 is 10.1 Å². The molecule has 2 aromatic rings. The monoisotopic (exact) mass is 382 g/mol. The first-order valence-electron chi connectivity index (χ1n) is 9.88. The number of likely N-dealkylation sites (N-methyl/N-ethyl adjacent to an activating group) is 1. The number of nitrogens with one attached hydrogen (secondary N) is 1. The lowest BCUT2D eigenvalue weighted by molar-refractivity contribution is -0.140. The van der Waals surface area contributed by atoms with Crippen molar-refractivity contribution in [1.82, 2.24) is 10.2 Å². The molecule has 2 rings (SSSR count). The quantitative estimate of drug-likeness (QED) is 0.606. The van der Waals surface area contributed by atoms with E-state index in [4.69, 9.17) is 4.74 Å². The van der Waals surface area contributed by atoms with Crippen LogP contribution in [-0.4, -0.2) is 43.0 Å². The van der Waals surface area contributed by atoms with Gasteiger partial charge in [-0.05, 0) is 37.0 Å². The summed E-state index contributed by atoms with van der Waals surface area (Å²) in [7, 11) is 1.61. The second-order valence-corrected chi connectivity index (χ2v) is 6.63. The smallest absolute Gasteiger partial charge is 0.242 e. The zero-order valence-electron chi connectivity index (χ0n) is 16.8. The maximum Gasteiger partial charge on any atom is 0.242 e. The molecule has 0 saturated carbocycles. The van der Waals surface area contributed by atoms with Crippen LogP contribution in [0.15, 0.2) is 60.7 Å². The number of hydrogen-bond donors (Lipinski definition) is 1. The summed E-state index contributed by atoms with van der Waals surface area (Å²) >= 11 is 0. The van der Waals surface area contributed by atoms with Crippen molar-refractivity contribution in [2.45, 2.75) is 38.6 Å². The van der Waals surface area contributed by atoms with Crippen molar-refractivity contribution in [3.63, 3.8) is 0 Å². The molecule has 0 spiro atoms. The predicted octanol–water partition coefficient (Wildman–Crippen LogP) is 3.44. The second kappa shape index (κ2) is 11.8. The van der Waals surface area contributed by atoms with E-state index in [1.165, 1.54) is 0 Å². The molecule has 0 bridgehead atoms. The Hall–Kier alpha value is -2.82. The summed E-state index contributed by atoms with van der Waals surface area (Å²) in [4.78, 5) is 26.9. The molecule has 5 heteroatoms. The molecule has 0 unspecified atom stereocenters. The summed E-state index contributed by atoms with van der Waals surface area (Å²) in [5, 5.41) is 2.68. The minimum atomic E-state index is -0.448. The van der Waals surface area contributed by atoms with E-state index in [-0.39, 0.29) is 11.8 Å². The standard InChI is InChI=1S/C23H30N2O3/c1-3-21(23(27)24-2)25(17-16-19-11-6-4-7-12-19)22(26)15-10-18-28-20-13-8-5-9-14-20/h4-9,11-14,21H,3,10,15-18H2,1-2H3,(H,24,27)/t21-/m0/s1. The topological polar surface area (TPSA) is 58.6 Å². The molecule has 0 aromatic heterocycles. The summed E-state index contributed by atoms with van der Waals surface area (Å²) in [6, 6.07) is 19.1. The summed E-state index contributed by atoms with van der Waals surface area (Å²) < 4.78 is 5.67. The van der Waals surface area contributed by atoms with E-state index >= 15 is 0 Å². The Morgan fingerprint density at radius 1 is 1.04 bits per heavy atom. The van der Waals surface area contributed by atoms with E-state index in [1.807, 2.05) is 67.6 Å². The molecule has 5 nitrogen and oxygen atoms in total. The average molecular weight is 383 g/mol. The highest BCUT2D eigenvalue weighted by atomic mass is 16.5. The molecule has 2 aromatic carbocycles. The zero-order chi connectivity index (χ0) is 20.2. The number of carbonyl (C=O) groups excluding carboxylic acids is 2. The summed E-state index contributed by atoms with van der Waals surface area (Å²) in [6.45, 7) is 2.93. The molecule has 0 fully saturated rings. The fourth-order valence-corrected chi connectivity index (χ4v) is 3.14. The number of hydrogen-bond acceptors (Lipinski definition) is 3. The first-order valence-corrected chi connectivity index (χ1v) is 9.88. The molecule has 1 atom stereocenters. The highest BCUT2D eigenvalue weighted by molar-refractivity contribution is 5.87. The van der Waals surface area contributed by atoms with Crippen LogP contribution in [0.5, 0.6) is 5.75 Å². The number of rotatable bonds is 11. The lowest BCUT2D eigenvalue weighted by Gasteiger charge is -2.30. The minimum Gasteiger partial charge on any atom is -0.494 e. The van der Waals surface area contributed by atoms with Crippen molar-refractivity contribution in [2.24, 2.45) is 0 Å². The van der Waals surface area contributed by atoms with Crippen molar-refractivity contribution >= 4 is 11.8 Å². The number of benzene rings is 2. The van der Waals surface area contributed by atoms with Gasteiger partial charge in [-0.15, -0.1) is 0 Å². The molecule has 1 N–H and O–H groups in total. The van der Waals surface area contributed by atoms with E-state index in [2.05, 4.69) is 5.32 Å². The SMILES string of the molecule is CC[C@@H](C(=O)NC)N(CCc1ccccc1)C(=O)CCCOc1ccccc1. The van der Waals surface area contributed by atoms with Crippen molar-refractivity contribution in [1.29, 1.82) is 0 Å². The van der Waals surface area contributed by atoms with Gasteiger partial charge in [0.05, 0.1) is 6.61 Å². The van der Waals surface area contributed by atoms with Crippen LogP contribution >= 0.6 is 0 Å². The van der Waals surface area contributed by atoms with Crippen LogP contribution in [0, 0.1) is 0 Å². The van der Waals surface area contributed by atoms with E-state index in [1.54, 1.807) is 11.9 Å². The van der Waals surface area contributed by atoms with Gasteiger partial charge in [-0.2, -0.15) is 0 Å². The normalized spacial score (nSPS) is 11.5. The number of ether oxygens (including phenoxy) is 1. The van der Waals surface area contributed by atoms with Crippen LogP contribution in [0.2, 0.25) is 0 Å². The Kier molecular flexibility index (Phi) is 9.05. The number of carbonyl (C=O) groups is 2. The van der Waals surface area contributed by atoms with Gasteiger partial charge in [-0.3, -0.25) is 9.59 Å². The number of amides is 2. The lowest BCUT2D eigenvalue weighted by atomic mass is 10.1. The van der Waals surface area contributed by atoms with Crippen molar-refractivity contribution < 1.29 is 14.3 Å². The van der Waals surface area contributed by atoms with E-state index in [0.29, 0.717) is 32.4 Å². The molecule has 0 aliphatic rings. The Morgan fingerprint density at radius 3 is 2.29 bits per heavy atom. The molecule has 0 aliphatic heterocycles. The van der Waals surface area contributed by atoms with Gasteiger partial charge in [-0.25, -0.2) is 0 Å². The van der Waals surface area contributed by atoms with Crippen molar-refractivity contribution in [2.75, 3.05) is 20.2 Å². The number of para-hydroxylation sites is 1. The van der Waals surface area contributed by atoms with Gasteiger partial charge < -0.3 is 15.0 Å². The van der Waals surface area contributed by atoms with Gasteiger partial charge in [0.2, 0.25) is 11.8 Å². The first kappa shape index (κ1) is 21.5. The van der Waals surface area contributed by atoms with Gasteiger partial charge in [0.1, 0.15) is 11.8 Å². The van der Waals surface area contributed by atoms with Crippen molar-refractivity contribution in [3.05, 3.63) is 66.2 Å². The predicted molar refractivity (Wildman–Crippen MR) is 111 cm³/mol. The maximum atomic E-state index is 12.9. The van der Waals surface area contributed by atoms with Crippen LogP contribution in [0.1, 0.15) is 31.7 Å². The minimum absolute atomic E-state index is 0.0111. The molecule has 0 saturated heterocycles. The molecule has 0 heterocycles. The molecular weight excluding hydrogens is 352 g/mol. The van der Waals surface area contributed by atoms with Gasteiger partial charge in [-0.1, -0.05) is 55.5 Å². The Bertz CT molecular complexity index is 719. The molecular formula is C23H30N2O3. The van der Waals surface area contributed by atoms with Gasteiger partial charge in [0.15, 0.2) is 0 Å². The van der Waals surface area contributed by atoms with E-state index < -0.39 is 6.04 Å². The fourth-order valence-electron chi connectivity index (χ4n) is 3.14. The maximum absolute atomic E-state index is 12.9. The van der Waals surface area contributed by atoms with Crippen LogP contribution in [0.4, 0.5) is 0 Å². The summed E-state index contributed by atoms with van der Waals surface area (Å²) in [5.41, 5.74) is 1.15. The van der Waals surface area contributed by atoms with Gasteiger partial charge in [0, 0.05) is 20.0 Å². The number of nitrogens with zero attached hydrogens (tertiary/aromatic N) is 1. The Morgan fingerprint density at radius 2 is 1.68 bits per heavy atom. The van der Waals surface area contributed by atoms with Crippen LogP contribution in [0.3, 0.4) is 0 Å². The third kappa shape index (κ3) is 6.72. The van der Waals surface area contributed by atoms with Gasteiger partial charge in [0.25, 0.3) is 0 Å². The summed E-state index contributed by atoms with van der Waals surface area (Å²) in [5.74, 6) is 0.667. The third-order valence-electron chi connectivity index (χ3n) is 4.66. The summed E-state index contributed by atoms with van der Waals surface area (Å²) in [6.07, 6.45) is 2.27. The Labute approximate surface area is 167 Å².